The third-order valence-electron chi connectivity index (χ3n) is 2.36. The highest BCUT2D eigenvalue weighted by Crippen LogP contribution is 2.22. The fourth-order valence-electron chi connectivity index (χ4n) is 1.51. The Kier molecular flexibility index (Phi) is 3.54. The summed E-state index contributed by atoms with van der Waals surface area (Å²) in [6.07, 6.45) is 0. The van der Waals surface area contributed by atoms with Crippen molar-refractivity contribution in [2.75, 3.05) is 0 Å². The van der Waals surface area contributed by atoms with Gasteiger partial charge in [-0.05, 0) is 29.8 Å². The van der Waals surface area contributed by atoms with E-state index in [1.165, 1.54) is 6.07 Å². The molecule has 0 fully saturated rings. The highest BCUT2D eigenvalue weighted by Gasteiger charge is 2.09. The number of nitriles is 1. The van der Waals surface area contributed by atoms with Crippen LogP contribution in [0.5, 0.6) is 5.75 Å². The second-order valence-corrected chi connectivity index (χ2v) is 3.65. The number of hydrogen-bond donors (Lipinski definition) is 0. The number of nitrogens with zero attached hydrogens (tertiary/aromatic N) is 1. The molecule has 0 saturated carbocycles. The molecule has 0 aliphatic heterocycles. The van der Waals surface area contributed by atoms with Crippen LogP contribution in [0.2, 0.25) is 0 Å². The van der Waals surface area contributed by atoms with E-state index in [0.29, 0.717) is 11.1 Å². The van der Waals surface area contributed by atoms with Crippen LogP contribution >= 0.6 is 0 Å². The van der Waals surface area contributed by atoms with Crippen molar-refractivity contribution >= 4 is 0 Å². The second kappa shape index (κ2) is 5.28. The quantitative estimate of drug-likeness (QED) is 0.830. The predicted octanol–water partition coefficient (Wildman–Crippen LogP) is 3.42. The molecule has 2 aromatic rings. The lowest BCUT2D eigenvalue weighted by atomic mass is 10.1. The summed E-state index contributed by atoms with van der Waals surface area (Å²) in [4.78, 5) is 0. The molecule has 0 aliphatic carbocycles. The molecule has 0 atom stereocenters. The van der Waals surface area contributed by atoms with Crippen molar-refractivity contribution in [3.05, 3.63) is 65.2 Å². The normalized spacial score (nSPS) is 9.83. The molecule has 2 aromatic carbocycles. The highest BCUT2D eigenvalue weighted by molar-refractivity contribution is 5.33. The Morgan fingerprint density at radius 2 is 1.72 bits per heavy atom. The zero-order chi connectivity index (χ0) is 13.0. The summed E-state index contributed by atoms with van der Waals surface area (Å²) in [5, 5.41) is 8.72. The van der Waals surface area contributed by atoms with Gasteiger partial charge in [0.05, 0.1) is 11.6 Å². The number of halogens is 2. The van der Waals surface area contributed by atoms with E-state index in [0.717, 1.165) is 12.1 Å². The van der Waals surface area contributed by atoms with Gasteiger partial charge in [-0.3, -0.25) is 0 Å². The zero-order valence-corrected chi connectivity index (χ0v) is 9.36. The smallest absolute Gasteiger partial charge is 0.191 e. The average molecular weight is 245 g/mol. The van der Waals surface area contributed by atoms with Crippen molar-refractivity contribution in [2.45, 2.75) is 6.61 Å². The van der Waals surface area contributed by atoms with E-state index in [9.17, 15) is 8.78 Å². The van der Waals surface area contributed by atoms with Crippen LogP contribution in [0, 0.1) is 23.0 Å². The lowest BCUT2D eigenvalue weighted by molar-refractivity contribution is 0.274. The van der Waals surface area contributed by atoms with Crippen molar-refractivity contribution < 1.29 is 13.5 Å². The van der Waals surface area contributed by atoms with Crippen molar-refractivity contribution in [1.82, 2.24) is 0 Å². The first-order chi connectivity index (χ1) is 8.70. The van der Waals surface area contributed by atoms with E-state index < -0.39 is 17.4 Å². The SMILES string of the molecule is N#Cc1cccc(COc2c(F)cccc2F)c1. The molecule has 0 aliphatic rings. The topological polar surface area (TPSA) is 33.0 Å². The molecule has 2 nitrogen and oxygen atoms in total. The van der Waals surface area contributed by atoms with Crippen LogP contribution in [0.15, 0.2) is 42.5 Å². The minimum absolute atomic E-state index is 0.00731. The molecule has 90 valence electrons. The molecule has 0 aromatic heterocycles. The van der Waals surface area contributed by atoms with Crippen LogP contribution < -0.4 is 4.74 Å². The number of para-hydroxylation sites is 1. The third-order valence-corrected chi connectivity index (χ3v) is 2.36. The van der Waals surface area contributed by atoms with Gasteiger partial charge in [0.25, 0.3) is 0 Å². The largest absolute Gasteiger partial charge is 0.483 e. The summed E-state index contributed by atoms with van der Waals surface area (Å²) in [5.41, 5.74) is 1.15. The fraction of sp³-hybridized carbons (Fsp3) is 0.0714. The van der Waals surface area contributed by atoms with Crippen LogP contribution in [0.3, 0.4) is 0 Å². The Morgan fingerprint density at radius 3 is 2.39 bits per heavy atom. The van der Waals surface area contributed by atoms with E-state index in [-0.39, 0.29) is 6.61 Å². The van der Waals surface area contributed by atoms with Crippen molar-refractivity contribution in [2.24, 2.45) is 0 Å². The average Bonchev–Trinajstić information content (AvgIpc) is 2.38. The van der Waals surface area contributed by atoms with E-state index >= 15 is 0 Å². The van der Waals surface area contributed by atoms with E-state index in [2.05, 4.69) is 0 Å². The molecule has 0 heterocycles. The van der Waals surface area contributed by atoms with Gasteiger partial charge in [0, 0.05) is 0 Å². The van der Waals surface area contributed by atoms with Gasteiger partial charge in [0.1, 0.15) is 6.61 Å². The molecule has 0 amide bonds. The maximum Gasteiger partial charge on any atom is 0.191 e. The lowest BCUT2D eigenvalue weighted by Gasteiger charge is -2.08. The van der Waals surface area contributed by atoms with E-state index in [4.69, 9.17) is 10.00 Å². The molecular weight excluding hydrogens is 236 g/mol. The molecule has 18 heavy (non-hydrogen) atoms. The minimum Gasteiger partial charge on any atom is -0.483 e. The minimum atomic E-state index is -0.744. The maximum absolute atomic E-state index is 13.3. The summed E-state index contributed by atoms with van der Waals surface area (Å²) in [7, 11) is 0. The Labute approximate surface area is 103 Å². The zero-order valence-electron chi connectivity index (χ0n) is 9.36. The van der Waals surface area contributed by atoms with E-state index in [1.807, 2.05) is 6.07 Å². The first-order valence-electron chi connectivity index (χ1n) is 5.26. The maximum atomic E-state index is 13.3. The first-order valence-corrected chi connectivity index (χ1v) is 5.26. The Morgan fingerprint density at radius 1 is 1.06 bits per heavy atom. The molecule has 4 heteroatoms. The van der Waals surface area contributed by atoms with Crippen LogP contribution in [0.1, 0.15) is 11.1 Å². The van der Waals surface area contributed by atoms with Gasteiger partial charge >= 0.3 is 0 Å². The van der Waals surface area contributed by atoms with Gasteiger partial charge in [-0.1, -0.05) is 18.2 Å². The third kappa shape index (κ3) is 2.64. The summed E-state index contributed by atoms with van der Waals surface area (Å²) in [6.45, 7) is 0.00731. The Balaban J connectivity index is 2.14. The Bertz CT molecular complexity index is 585. The molecule has 0 unspecified atom stereocenters. The summed E-state index contributed by atoms with van der Waals surface area (Å²) in [5.74, 6) is -1.89. The molecule has 0 spiro atoms. The van der Waals surface area contributed by atoms with Gasteiger partial charge in [-0.25, -0.2) is 8.78 Å². The number of benzene rings is 2. The van der Waals surface area contributed by atoms with Crippen molar-refractivity contribution in [3.8, 4) is 11.8 Å². The monoisotopic (exact) mass is 245 g/mol. The molecule has 0 N–H and O–H groups in total. The van der Waals surface area contributed by atoms with Crippen molar-refractivity contribution in [1.29, 1.82) is 5.26 Å². The summed E-state index contributed by atoms with van der Waals surface area (Å²) in [6, 6.07) is 12.2. The lowest BCUT2D eigenvalue weighted by Crippen LogP contribution is -2.00. The van der Waals surface area contributed by atoms with Crippen molar-refractivity contribution in [3.63, 3.8) is 0 Å². The van der Waals surface area contributed by atoms with E-state index in [1.54, 1.807) is 24.3 Å². The van der Waals surface area contributed by atoms with Crippen LogP contribution in [0.4, 0.5) is 8.78 Å². The molecule has 0 saturated heterocycles. The van der Waals surface area contributed by atoms with Crippen LogP contribution in [-0.4, -0.2) is 0 Å². The molecule has 2 rings (SSSR count). The van der Waals surface area contributed by atoms with Gasteiger partial charge in [0.15, 0.2) is 17.4 Å². The number of ether oxygens (including phenoxy) is 1. The van der Waals surface area contributed by atoms with Gasteiger partial charge in [0.2, 0.25) is 0 Å². The predicted molar refractivity (Wildman–Crippen MR) is 61.8 cm³/mol. The standard InChI is InChI=1S/C14H9F2NO/c15-12-5-2-6-13(16)14(12)18-9-11-4-1-3-10(7-11)8-17/h1-7H,9H2. The van der Waals surface area contributed by atoms with Gasteiger partial charge < -0.3 is 4.74 Å². The molecular formula is C14H9F2NO. The fourth-order valence-corrected chi connectivity index (χ4v) is 1.51. The summed E-state index contributed by atoms with van der Waals surface area (Å²) >= 11 is 0. The van der Waals surface area contributed by atoms with Gasteiger partial charge in [-0.2, -0.15) is 5.26 Å². The van der Waals surface area contributed by atoms with Crippen LogP contribution in [-0.2, 0) is 6.61 Å². The summed E-state index contributed by atoms with van der Waals surface area (Å²) < 4.78 is 31.7. The second-order valence-electron chi connectivity index (χ2n) is 3.65. The number of rotatable bonds is 3. The Hall–Kier alpha value is -2.41. The number of hydrogen-bond acceptors (Lipinski definition) is 2. The molecule has 0 bridgehead atoms. The van der Waals surface area contributed by atoms with Crippen LogP contribution in [0.25, 0.3) is 0 Å². The first kappa shape index (κ1) is 12.1. The van der Waals surface area contributed by atoms with Gasteiger partial charge in [-0.15, -0.1) is 0 Å². The molecule has 0 radical (unpaired) electrons. The highest BCUT2D eigenvalue weighted by atomic mass is 19.1.